The van der Waals surface area contributed by atoms with Gasteiger partial charge in [0, 0.05) is 23.5 Å². The predicted molar refractivity (Wildman–Crippen MR) is 81.4 cm³/mol. The average Bonchev–Trinajstić information content (AvgIpc) is 3.10. The van der Waals surface area contributed by atoms with E-state index in [4.69, 9.17) is 0 Å². The van der Waals surface area contributed by atoms with E-state index in [2.05, 4.69) is 39.1 Å². The second-order valence-corrected chi connectivity index (χ2v) is 5.62. The van der Waals surface area contributed by atoms with Crippen molar-refractivity contribution in [2.75, 3.05) is 0 Å². The summed E-state index contributed by atoms with van der Waals surface area (Å²) in [5.74, 6) is 0. The first-order valence-electron chi connectivity index (χ1n) is 6.53. The number of benzene rings is 1. The van der Waals surface area contributed by atoms with Crippen LogP contribution in [-0.4, -0.2) is 15.4 Å². The molecule has 0 fully saturated rings. The van der Waals surface area contributed by atoms with Gasteiger partial charge in [-0.1, -0.05) is 30.3 Å². The molecule has 0 spiro atoms. The lowest BCUT2D eigenvalue weighted by molar-refractivity contribution is 0.682. The number of nitrogens with one attached hydrogen (secondary N) is 2. The zero-order valence-electron chi connectivity index (χ0n) is 11.3. The van der Waals surface area contributed by atoms with Crippen LogP contribution in [0.25, 0.3) is 11.3 Å². The molecule has 0 unspecified atom stereocenters. The summed E-state index contributed by atoms with van der Waals surface area (Å²) >= 11 is 1.78. The lowest BCUT2D eigenvalue weighted by Crippen LogP contribution is -2.13. The molecule has 3 rings (SSSR count). The third-order valence-electron chi connectivity index (χ3n) is 3.21. The van der Waals surface area contributed by atoms with Gasteiger partial charge in [-0.05, 0) is 23.9 Å². The van der Waals surface area contributed by atoms with Crippen molar-refractivity contribution in [3.05, 3.63) is 57.9 Å². The maximum atomic E-state index is 4.25. The molecular weight excluding hydrogens is 268 g/mol. The van der Waals surface area contributed by atoms with Gasteiger partial charge in [-0.3, -0.25) is 0 Å². The maximum Gasteiger partial charge on any atom is 0.117 e. The van der Waals surface area contributed by atoms with E-state index >= 15 is 0 Å². The highest BCUT2D eigenvalue weighted by molar-refractivity contribution is 7.10. The quantitative estimate of drug-likeness (QED) is 0.757. The molecule has 0 aliphatic carbocycles. The van der Waals surface area contributed by atoms with E-state index in [9.17, 15) is 0 Å². The number of nitrogens with zero attached hydrogens (tertiary/aromatic N) is 2. The van der Waals surface area contributed by atoms with Gasteiger partial charge in [-0.25, -0.2) is 0 Å². The molecule has 0 bridgehead atoms. The number of aromatic amines is 1. The third kappa shape index (κ3) is 2.79. The fourth-order valence-electron chi connectivity index (χ4n) is 2.08. The van der Waals surface area contributed by atoms with E-state index in [-0.39, 0.29) is 0 Å². The molecule has 5 heteroatoms. The normalized spacial score (nSPS) is 10.8. The molecule has 0 saturated carbocycles. The summed E-state index contributed by atoms with van der Waals surface area (Å²) in [6.45, 7) is 3.71. The summed E-state index contributed by atoms with van der Waals surface area (Å²) in [5.41, 5.74) is 4.29. The number of thiophene rings is 1. The molecule has 0 radical (unpaired) electrons. The highest BCUT2D eigenvalue weighted by atomic mass is 32.1. The monoisotopic (exact) mass is 284 g/mol. The van der Waals surface area contributed by atoms with E-state index in [1.54, 1.807) is 11.3 Å². The van der Waals surface area contributed by atoms with Gasteiger partial charge < -0.3 is 5.32 Å². The highest BCUT2D eigenvalue weighted by Gasteiger charge is 2.09. The Kier molecular flexibility index (Phi) is 3.90. The molecule has 1 aromatic carbocycles. The second-order valence-electron chi connectivity index (χ2n) is 4.62. The van der Waals surface area contributed by atoms with Crippen LogP contribution >= 0.6 is 11.3 Å². The number of hydrogen-bond acceptors (Lipinski definition) is 4. The van der Waals surface area contributed by atoms with Crippen LogP contribution in [-0.2, 0) is 13.1 Å². The molecule has 2 N–H and O–H groups in total. The van der Waals surface area contributed by atoms with Crippen molar-refractivity contribution in [2.24, 2.45) is 0 Å². The summed E-state index contributed by atoms with van der Waals surface area (Å²) in [4.78, 5) is 1.37. The zero-order valence-corrected chi connectivity index (χ0v) is 12.1. The standard InChI is InChI=1S/C15H16N4S/c1-11-7-8-20-14(11)10-16-9-13-15(18-19-17-13)12-5-3-2-4-6-12/h2-8,16H,9-10H2,1H3,(H,17,18,19). The van der Waals surface area contributed by atoms with Gasteiger partial charge in [0.15, 0.2) is 0 Å². The number of hydrogen-bond donors (Lipinski definition) is 2. The van der Waals surface area contributed by atoms with Crippen molar-refractivity contribution in [3.63, 3.8) is 0 Å². The van der Waals surface area contributed by atoms with Crippen molar-refractivity contribution in [3.8, 4) is 11.3 Å². The first kappa shape index (κ1) is 13.0. The van der Waals surface area contributed by atoms with E-state index in [1.165, 1.54) is 10.4 Å². The van der Waals surface area contributed by atoms with Crippen LogP contribution in [0.4, 0.5) is 0 Å². The van der Waals surface area contributed by atoms with Gasteiger partial charge in [0.05, 0.1) is 0 Å². The Labute approximate surface area is 121 Å². The van der Waals surface area contributed by atoms with E-state index < -0.39 is 0 Å². The van der Waals surface area contributed by atoms with E-state index in [0.29, 0.717) is 6.54 Å². The Morgan fingerprint density at radius 1 is 1.10 bits per heavy atom. The first-order chi connectivity index (χ1) is 9.84. The molecule has 102 valence electrons. The Morgan fingerprint density at radius 3 is 2.70 bits per heavy atom. The van der Waals surface area contributed by atoms with Crippen LogP contribution in [0, 0.1) is 6.92 Å². The van der Waals surface area contributed by atoms with Crippen molar-refractivity contribution >= 4 is 11.3 Å². The van der Waals surface area contributed by atoms with Crippen LogP contribution in [0.1, 0.15) is 16.1 Å². The predicted octanol–water partition coefficient (Wildman–Crippen LogP) is 3.13. The van der Waals surface area contributed by atoms with Crippen LogP contribution in [0.3, 0.4) is 0 Å². The van der Waals surface area contributed by atoms with Crippen molar-refractivity contribution in [2.45, 2.75) is 20.0 Å². The second kappa shape index (κ2) is 5.98. The number of H-pyrrole nitrogens is 1. The Balaban J connectivity index is 1.67. The van der Waals surface area contributed by atoms with Crippen LogP contribution < -0.4 is 5.32 Å². The van der Waals surface area contributed by atoms with Crippen molar-refractivity contribution in [1.82, 2.24) is 20.7 Å². The lowest BCUT2D eigenvalue weighted by Gasteiger charge is -2.04. The largest absolute Gasteiger partial charge is 0.306 e. The number of aryl methyl sites for hydroxylation is 1. The number of rotatable bonds is 5. The molecule has 3 aromatic rings. The van der Waals surface area contributed by atoms with Gasteiger partial charge in [0.1, 0.15) is 11.4 Å². The number of aromatic nitrogens is 3. The molecule has 20 heavy (non-hydrogen) atoms. The topological polar surface area (TPSA) is 53.6 Å². The lowest BCUT2D eigenvalue weighted by atomic mass is 10.1. The Morgan fingerprint density at radius 2 is 1.95 bits per heavy atom. The zero-order chi connectivity index (χ0) is 13.8. The fourth-order valence-corrected chi connectivity index (χ4v) is 2.96. The van der Waals surface area contributed by atoms with Crippen molar-refractivity contribution in [1.29, 1.82) is 0 Å². The van der Waals surface area contributed by atoms with Crippen LogP contribution in [0.2, 0.25) is 0 Å². The minimum absolute atomic E-state index is 0.706. The van der Waals surface area contributed by atoms with Gasteiger partial charge in [-0.2, -0.15) is 15.4 Å². The molecule has 0 amide bonds. The summed E-state index contributed by atoms with van der Waals surface area (Å²) in [5, 5.41) is 16.8. The molecule has 4 nitrogen and oxygen atoms in total. The van der Waals surface area contributed by atoms with Gasteiger partial charge >= 0.3 is 0 Å². The Hall–Kier alpha value is -1.98. The molecule has 2 aromatic heterocycles. The Bertz CT molecular complexity index is 672. The van der Waals surface area contributed by atoms with Gasteiger partial charge in [-0.15, -0.1) is 11.3 Å². The van der Waals surface area contributed by atoms with Gasteiger partial charge in [0.2, 0.25) is 0 Å². The SMILES string of the molecule is Cc1ccsc1CNCc1n[nH]nc1-c1ccccc1. The summed E-state index contributed by atoms with van der Waals surface area (Å²) in [6, 6.07) is 12.3. The minimum atomic E-state index is 0.706. The van der Waals surface area contributed by atoms with E-state index in [1.807, 2.05) is 30.3 Å². The first-order valence-corrected chi connectivity index (χ1v) is 7.41. The van der Waals surface area contributed by atoms with Crippen molar-refractivity contribution < 1.29 is 0 Å². The summed E-state index contributed by atoms with van der Waals surface area (Å²) in [6.07, 6.45) is 0. The molecule has 2 heterocycles. The molecule has 0 aliphatic rings. The highest BCUT2D eigenvalue weighted by Crippen LogP contribution is 2.19. The molecule has 0 aliphatic heterocycles. The van der Waals surface area contributed by atoms with E-state index in [0.717, 1.165) is 23.5 Å². The van der Waals surface area contributed by atoms with Crippen LogP contribution in [0.15, 0.2) is 41.8 Å². The smallest absolute Gasteiger partial charge is 0.117 e. The average molecular weight is 284 g/mol. The summed E-state index contributed by atoms with van der Waals surface area (Å²) in [7, 11) is 0. The van der Waals surface area contributed by atoms with Gasteiger partial charge in [0.25, 0.3) is 0 Å². The minimum Gasteiger partial charge on any atom is -0.306 e. The maximum absolute atomic E-state index is 4.25. The molecule has 0 saturated heterocycles. The third-order valence-corrected chi connectivity index (χ3v) is 4.24. The summed E-state index contributed by atoms with van der Waals surface area (Å²) < 4.78 is 0. The van der Waals surface area contributed by atoms with Crippen LogP contribution in [0.5, 0.6) is 0 Å². The fraction of sp³-hybridized carbons (Fsp3) is 0.200. The molecule has 0 atom stereocenters. The molecular formula is C15H16N4S.